The van der Waals surface area contributed by atoms with Gasteiger partial charge in [-0.25, -0.2) is 0 Å². The molecule has 7 nitrogen and oxygen atoms in total. The molecule has 0 bridgehead atoms. The van der Waals surface area contributed by atoms with Crippen LogP contribution in [0.5, 0.6) is 28.7 Å². The number of benzene rings is 6. The maximum Gasteiger partial charge on any atom is 0.162 e. The Labute approximate surface area is 337 Å². The monoisotopic (exact) mass is 812 g/mol. The highest BCUT2D eigenvalue weighted by Gasteiger charge is 2.38. The van der Waals surface area contributed by atoms with Crippen LogP contribution in [0, 0.1) is 0 Å². The highest BCUT2D eigenvalue weighted by molar-refractivity contribution is 9.10. The predicted molar refractivity (Wildman–Crippen MR) is 219 cm³/mol. The third-order valence-electron chi connectivity index (χ3n) is 9.94. The van der Waals surface area contributed by atoms with Gasteiger partial charge in [0.2, 0.25) is 0 Å². The van der Waals surface area contributed by atoms with Crippen LogP contribution in [0.15, 0.2) is 150 Å². The Morgan fingerprint density at radius 3 is 1.64 bits per heavy atom. The van der Waals surface area contributed by atoms with Crippen molar-refractivity contribution in [1.82, 2.24) is 0 Å². The summed E-state index contributed by atoms with van der Waals surface area (Å²) in [6.07, 6.45) is 2.18. The zero-order valence-electron chi connectivity index (χ0n) is 31.2. The Kier molecular flexibility index (Phi) is 12.5. The average molecular weight is 814 g/mol. The fourth-order valence-corrected chi connectivity index (χ4v) is 7.57. The van der Waals surface area contributed by atoms with Gasteiger partial charge < -0.3 is 33.2 Å². The molecule has 1 saturated heterocycles. The quantitative estimate of drug-likeness (QED) is 0.102. The molecule has 2 aliphatic rings. The Morgan fingerprint density at radius 1 is 0.554 bits per heavy atom. The van der Waals surface area contributed by atoms with Crippen LogP contribution in [0.4, 0.5) is 0 Å². The highest BCUT2D eigenvalue weighted by atomic mass is 79.9. The molecule has 0 radical (unpaired) electrons. The van der Waals surface area contributed by atoms with Gasteiger partial charge in [0.1, 0.15) is 54.3 Å². The molecule has 0 aliphatic carbocycles. The van der Waals surface area contributed by atoms with Crippen molar-refractivity contribution in [1.29, 1.82) is 0 Å². The summed E-state index contributed by atoms with van der Waals surface area (Å²) in [5, 5.41) is 0. The van der Waals surface area contributed by atoms with Gasteiger partial charge in [0.25, 0.3) is 0 Å². The molecule has 0 saturated carbocycles. The summed E-state index contributed by atoms with van der Waals surface area (Å²) in [6, 6.07) is 48.5. The number of rotatable bonds is 15. The molecule has 3 atom stereocenters. The standard InChI is InChI=1S/C48H45BrO7/c49-46-43(53-32-36-19-9-3-10-20-36)29-41-39(48(46)54-33-37-21-11-4-12-22-37)28-44(55-45-23-13-14-26-50-45)47(56-41)38-24-25-40(51-30-34-15-5-1-6-16-34)42(27-38)52-31-35-17-7-2-8-18-35/h1-12,15-22,24-25,27,29,44-45,47H,13-14,23,26,28,30-33H2. The topological polar surface area (TPSA) is 64.6 Å². The number of fused-ring (bicyclic) bond motifs is 1. The van der Waals surface area contributed by atoms with E-state index in [2.05, 4.69) is 52.3 Å². The van der Waals surface area contributed by atoms with Crippen molar-refractivity contribution < 1.29 is 33.2 Å². The average Bonchev–Trinajstić information content (AvgIpc) is 3.26. The Hall–Kier alpha value is -5.28. The lowest BCUT2D eigenvalue weighted by Gasteiger charge is -2.38. The van der Waals surface area contributed by atoms with Gasteiger partial charge in [-0.05, 0) is 75.1 Å². The first kappa shape index (κ1) is 37.6. The molecule has 0 amide bonds. The zero-order valence-corrected chi connectivity index (χ0v) is 32.8. The zero-order chi connectivity index (χ0) is 37.9. The lowest BCUT2D eigenvalue weighted by Crippen LogP contribution is -2.38. The highest BCUT2D eigenvalue weighted by Crippen LogP contribution is 2.50. The Bertz CT molecular complexity index is 2140. The van der Waals surface area contributed by atoms with Crippen molar-refractivity contribution >= 4 is 15.9 Å². The molecule has 0 N–H and O–H groups in total. The van der Waals surface area contributed by atoms with Crippen LogP contribution in [0.1, 0.15) is 58.7 Å². The molecule has 0 aromatic heterocycles. The molecule has 1 fully saturated rings. The molecule has 6 aromatic carbocycles. The third-order valence-corrected chi connectivity index (χ3v) is 10.7. The Balaban J connectivity index is 1.15. The molecular weight excluding hydrogens is 768 g/mol. The van der Waals surface area contributed by atoms with Crippen molar-refractivity contribution in [2.24, 2.45) is 0 Å². The van der Waals surface area contributed by atoms with Crippen molar-refractivity contribution in [3.8, 4) is 28.7 Å². The first-order valence-electron chi connectivity index (χ1n) is 19.3. The molecule has 0 spiro atoms. The van der Waals surface area contributed by atoms with E-state index in [9.17, 15) is 0 Å². The lowest BCUT2D eigenvalue weighted by molar-refractivity contribution is -0.207. The minimum absolute atomic E-state index is 0.339. The predicted octanol–water partition coefficient (Wildman–Crippen LogP) is 11.4. The summed E-state index contributed by atoms with van der Waals surface area (Å²) < 4.78 is 46.7. The molecular formula is C48H45BrO7. The minimum atomic E-state index is -0.500. The largest absolute Gasteiger partial charge is 0.487 e. The second-order valence-corrected chi connectivity index (χ2v) is 14.8. The van der Waals surface area contributed by atoms with Crippen LogP contribution in [0.2, 0.25) is 0 Å². The summed E-state index contributed by atoms with van der Waals surface area (Å²) in [5.41, 5.74) is 6.04. The van der Waals surface area contributed by atoms with Gasteiger partial charge in [-0.2, -0.15) is 0 Å². The second kappa shape index (κ2) is 18.6. The van der Waals surface area contributed by atoms with Crippen LogP contribution in [0.3, 0.4) is 0 Å². The molecule has 6 aromatic rings. The molecule has 8 heteroatoms. The van der Waals surface area contributed by atoms with Crippen molar-refractivity contribution in [2.75, 3.05) is 6.61 Å². The number of hydrogen-bond donors (Lipinski definition) is 0. The van der Waals surface area contributed by atoms with Gasteiger partial charge in [-0.3, -0.25) is 0 Å². The van der Waals surface area contributed by atoms with E-state index >= 15 is 0 Å². The van der Waals surface area contributed by atoms with E-state index in [-0.39, 0.29) is 6.29 Å². The van der Waals surface area contributed by atoms with E-state index in [1.807, 2.05) is 109 Å². The van der Waals surface area contributed by atoms with Crippen LogP contribution in [-0.2, 0) is 42.3 Å². The molecule has 3 unspecified atom stereocenters. The summed E-state index contributed by atoms with van der Waals surface area (Å²) in [5.74, 6) is 3.24. The minimum Gasteiger partial charge on any atom is -0.487 e. The van der Waals surface area contributed by atoms with Crippen LogP contribution in [0.25, 0.3) is 0 Å². The van der Waals surface area contributed by atoms with Gasteiger partial charge in [0.05, 0.1) is 0 Å². The van der Waals surface area contributed by atoms with Crippen LogP contribution >= 0.6 is 15.9 Å². The summed E-state index contributed by atoms with van der Waals surface area (Å²) >= 11 is 3.87. The molecule has 2 aliphatic heterocycles. The summed E-state index contributed by atoms with van der Waals surface area (Å²) in [7, 11) is 0. The number of ether oxygens (including phenoxy) is 7. The van der Waals surface area contributed by atoms with Gasteiger partial charge in [0.15, 0.2) is 23.9 Å². The van der Waals surface area contributed by atoms with Crippen molar-refractivity contribution in [2.45, 2.75) is 70.6 Å². The molecule has 286 valence electrons. The first-order chi connectivity index (χ1) is 27.7. The third kappa shape index (κ3) is 9.56. The van der Waals surface area contributed by atoms with Gasteiger partial charge in [-0.1, -0.05) is 127 Å². The summed E-state index contributed by atoms with van der Waals surface area (Å²) in [4.78, 5) is 0. The molecule has 8 rings (SSSR count). The van der Waals surface area contributed by atoms with E-state index in [0.717, 1.165) is 57.1 Å². The maximum absolute atomic E-state index is 7.04. The number of hydrogen-bond acceptors (Lipinski definition) is 7. The van der Waals surface area contributed by atoms with Crippen LogP contribution in [-0.4, -0.2) is 19.0 Å². The van der Waals surface area contributed by atoms with E-state index in [1.54, 1.807) is 0 Å². The van der Waals surface area contributed by atoms with E-state index in [4.69, 9.17) is 33.2 Å². The first-order valence-corrected chi connectivity index (χ1v) is 20.1. The summed E-state index contributed by atoms with van der Waals surface area (Å²) in [6.45, 7) is 2.22. The van der Waals surface area contributed by atoms with Gasteiger partial charge in [0, 0.05) is 24.7 Å². The lowest BCUT2D eigenvalue weighted by atomic mass is 9.93. The maximum atomic E-state index is 7.04. The molecule has 56 heavy (non-hydrogen) atoms. The fourth-order valence-electron chi connectivity index (χ4n) is 6.99. The van der Waals surface area contributed by atoms with E-state index < -0.39 is 12.2 Å². The second-order valence-electron chi connectivity index (χ2n) is 14.0. The Morgan fingerprint density at radius 2 is 1.09 bits per heavy atom. The van der Waals surface area contributed by atoms with Crippen molar-refractivity contribution in [3.05, 3.63) is 183 Å². The SMILES string of the molecule is Brc1c(OCc2ccccc2)cc2c(c1OCc1ccccc1)CC(OC1CCCCO1)C(c1ccc(OCc3ccccc3)c(OCc3ccccc3)c1)O2. The van der Waals surface area contributed by atoms with Gasteiger partial charge in [-0.15, -0.1) is 0 Å². The number of halogens is 1. The van der Waals surface area contributed by atoms with Crippen LogP contribution < -0.4 is 23.7 Å². The van der Waals surface area contributed by atoms with Gasteiger partial charge >= 0.3 is 0 Å². The van der Waals surface area contributed by atoms with E-state index in [0.29, 0.717) is 68.2 Å². The normalized spacial score (nSPS) is 17.6. The fraction of sp³-hybridized carbons (Fsp3) is 0.250. The molecule has 2 heterocycles. The van der Waals surface area contributed by atoms with Crippen molar-refractivity contribution in [3.63, 3.8) is 0 Å². The van der Waals surface area contributed by atoms with E-state index in [1.165, 1.54) is 0 Å². The smallest absolute Gasteiger partial charge is 0.162 e.